The number of halogens is 1. The first kappa shape index (κ1) is 12.8. The molecule has 1 fully saturated rings. The molecule has 1 aliphatic rings. The topological polar surface area (TPSA) is 37.4 Å². The van der Waals surface area contributed by atoms with Crippen molar-refractivity contribution in [2.75, 3.05) is 0 Å². The average Bonchev–Trinajstić information content (AvgIpc) is 2.54. The van der Waals surface area contributed by atoms with E-state index in [0.717, 1.165) is 11.8 Å². The molecule has 0 atom stereocenters. The van der Waals surface area contributed by atoms with Crippen molar-refractivity contribution in [2.24, 2.45) is 0 Å². The second kappa shape index (κ2) is 4.94. The molecule has 1 aromatic carbocycles. The molecule has 1 saturated heterocycles. The van der Waals surface area contributed by atoms with Crippen LogP contribution in [0.25, 0.3) is 6.08 Å². The zero-order valence-electron chi connectivity index (χ0n) is 10.0. The maximum Gasteiger partial charge on any atom is 0.293 e. The van der Waals surface area contributed by atoms with Gasteiger partial charge in [0.1, 0.15) is 5.82 Å². The summed E-state index contributed by atoms with van der Waals surface area (Å²) in [6.07, 6.45) is 1.54. The first-order valence-electron chi connectivity index (χ1n) is 5.51. The molecule has 0 N–H and O–H groups in total. The van der Waals surface area contributed by atoms with Crippen LogP contribution in [0.3, 0.4) is 0 Å². The van der Waals surface area contributed by atoms with Crippen molar-refractivity contribution in [1.82, 2.24) is 4.90 Å². The fraction of sp³-hybridized carbons (Fsp3) is 0.231. The number of imide groups is 1. The summed E-state index contributed by atoms with van der Waals surface area (Å²) in [5.41, 5.74) is 0.573. The lowest BCUT2D eigenvalue weighted by atomic mass is 10.2. The van der Waals surface area contributed by atoms with Gasteiger partial charge in [-0.25, -0.2) is 4.39 Å². The number of carbonyl (C=O) groups is 2. The summed E-state index contributed by atoms with van der Waals surface area (Å²) in [6.45, 7) is 3.56. The van der Waals surface area contributed by atoms with E-state index in [4.69, 9.17) is 0 Å². The molecule has 94 valence electrons. The van der Waals surface area contributed by atoms with E-state index in [-0.39, 0.29) is 23.0 Å². The van der Waals surface area contributed by atoms with Gasteiger partial charge in [-0.05, 0) is 49.4 Å². The highest BCUT2D eigenvalue weighted by atomic mass is 32.2. The zero-order chi connectivity index (χ0) is 13.3. The van der Waals surface area contributed by atoms with Crippen LogP contribution in [0.15, 0.2) is 29.2 Å². The second-order valence-electron chi connectivity index (χ2n) is 4.20. The maximum atomic E-state index is 13.0. The fourth-order valence-electron chi connectivity index (χ4n) is 1.67. The summed E-state index contributed by atoms with van der Waals surface area (Å²) in [4.78, 5) is 25.2. The third-order valence-corrected chi connectivity index (χ3v) is 3.37. The molecule has 1 aliphatic heterocycles. The van der Waals surface area contributed by atoms with E-state index in [1.807, 2.05) is 0 Å². The molecule has 0 spiro atoms. The van der Waals surface area contributed by atoms with Crippen molar-refractivity contribution >= 4 is 29.0 Å². The molecule has 0 aliphatic carbocycles. The summed E-state index contributed by atoms with van der Waals surface area (Å²) in [6, 6.07) is 5.73. The summed E-state index contributed by atoms with van der Waals surface area (Å²) in [5, 5.41) is -0.280. The average molecular weight is 265 g/mol. The number of rotatable bonds is 2. The number of amides is 2. The number of hydrogen-bond donors (Lipinski definition) is 0. The van der Waals surface area contributed by atoms with Gasteiger partial charge in [-0.3, -0.25) is 14.5 Å². The minimum atomic E-state index is -0.369. The molecule has 5 heteroatoms. The molecule has 0 aromatic heterocycles. The predicted octanol–water partition coefficient (Wildman–Crippen LogP) is 3.27. The summed E-state index contributed by atoms with van der Waals surface area (Å²) in [7, 11) is 0. The van der Waals surface area contributed by atoms with Crippen LogP contribution in [-0.4, -0.2) is 22.1 Å². The van der Waals surface area contributed by atoms with E-state index in [2.05, 4.69) is 0 Å². The van der Waals surface area contributed by atoms with E-state index in [9.17, 15) is 14.0 Å². The zero-order valence-corrected chi connectivity index (χ0v) is 10.8. The van der Waals surface area contributed by atoms with Crippen molar-refractivity contribution in [1.29, 1.82) is 0 Å². The van der Waals surface area contributed by atoms with Gasteiger partial charge in [-0.2, -0.15) is 0 Å². The van der Waals surface area contributed by atoms with Crippen LogP contribution in [0.2, 0.25) is 0 Å². The lowest BCUT2D eigenvalue weighted by Crippen LogP contribution is -2.34. The summed E-state index contributed by atoms with van der Waals surface area (Å²) in [5.74, 6) is -0.684. The number of benzene rings is 1. The van der Waals surface area contributed by atoms with Crippen LogP contribution in [0, 0.1) is 5.82 Å². The standard InChI is InChI=1S/C13H12FNO2S/c1-8(2)15-12(16)11(18-13(15)17)7-9-4-3-5-10(14)6-9/h3-8H,1-2H3/b11-7+. The van der Waals surface area contributed by atoms with Gasteiger partial charge in [0.05, 0.1) is 4.91 Å². The molecule has 0 saturated carbocycles. The molecular formula is C13H12FNO2S. The van der Waals surface area contributed by atoms with Crippen LogP contribution in [0.5, 0.6) is 0 Å². The van der Waals surface area contributed by atoms with Crippen molar-refractivity contribution in [3.05, 3.63) is 40.6 Å². The lowest BCUT2D eigenvalue weighted by Gasteiger charge is -2.16. The number of thioether (sulfide) groups is 1. The van der Waals surface area contributed by atoms with Crippen molar-refractivity contribution in [3.8, 4) is 0 Å². The molecule has 0 radical (unpaired) electrons. The third-order valence-electron chi connectivity index (χ3n) is 2.49. The van der Waals surface area contributed by atoms with E-state index >= 15 is 0 Å². The Bertz CT molecular complexity index is 540. The predicted molar refractivity (Wildman–Crippen MR) is 69.3 cm³/mol. The first-order valence-corrected chi connectivity index (χ1v) is 6.33. The maximum absolute atomic E-state index is 13.0. The van der Waals surface area contributed by atoms with Gasteiger partial charge in [0, 0.05) is 6.04 Å². The Morgan fingerprint density at radius 3 is 2.61 bits per heavy atom. The van der Waals surface area contributed by atoms with Gasteiger partial charge in [0.2, 0.25) is 0 Å². The molecular weight excluding hydrogens is 253 g/mol. The van der Waals surface area contributed by atoms with Gasteiger partial charge < -0.3 is 0 Å². The monoisotopic (exact) mass is 265 g/mol. The Morgan fingerprint density at radius 2 is 2.06 bits per heavy atom. The largest absolute Gasteiger partial charge is 0.293 e. The van der Waals surface area contributed by atoms with Gasteiger partial charge in [-0.1, -0.05) is 12.1 Å². The van der Waals surface area contributed by atoms with Crippen molar-refractivity contribution < 1.29 is 14.0 Å². The highest BCUT2D eigenvalue weighted by Gasteiger charge is 2.36. The SMILES string of the molecule is CC(C)N1C(=O)S/C(=C/c2cccc(F)c2)C1=O. The van der Waals surface area contributed by atoms with E-state index in [0.29, 0.717) is 10.5 Å². The fourth-order valence-corrected chi connectivity index (χ4v) is 2.63. The third kappa shape index (κ3) is 2.46. The minimum absolute atomic E-state index is 0.170. The highest BCUT2D eigenvalue weighted by Crippen LogP contribution is 2.33. The lowest BCUT2D eigenvalue weighted by molar-refractivity contribution is -0.123. The normalized spacial score (nSPS) is 18.2. The minimum Gasteiger partial charge on any atom is -0.268 e. The molecule has 3 nitrogen and oxygen atoms in total. The van der Waals surface area contributed by atoms with Gasteiger partial charge >= 0.3 is 0 Å². The molecule has 1 heterocycles. The Labute approximate surface area is 109 Å². The Balaban J connectivity index is 2.31. The molecule has 2 amide bonds. The number of hydrogen-bond acceptors (Lipinski definition) is 3. The molecule has 0 unspecified atom stereocenters. The number of carbonyl (C=O) groups excluding carboxylic acids is 2. The van der Waals surface area contributed by atoms with Crippen LogP contribution in [0.1, 0.15) is 19.4 Å². The first-order chi connectivity index (χ1) is 8.49. The molecule has 1 aromatic rings. The van der Waals surface area contributed by atoms with E-state index in [1.165, 1.54) is 23.1 Å². The van der Waals surface area contributed by atoms with Crippen LogP contribution >= 0.6 is 11.8 Å². The Kier molecular flexibility index (Phi) is 3.52. The second-order valence-corrected chi connectivity index (χ2v) is 5.19. The van der Waals surface area contributed by atoms with Crippen LogP contribution in [0.4, 0.5) is 9.18 Å². The van der Waals surface area contributed by atoms with Crippen molar-refractivity contribution in [2.45, 2.75) is 19.9 Å². The highest BCUT2D eigenvalue weighted by molar-refractivity contribution is 8.18. The number of nitrogens with zero attached hydrogens (tertiary/aromatic N) is 1. The Morgan fingerprint density at radius 1 is 1.33 bits per heavy atom. The van der Waals surface area contributed by atoms with Gasteiger partial charge in [0.15, 0.2) is 0 Å². The smallest absolute Gasteiger partial charge is 0.268 e. The molecule has 2 rings (SSSR count). The summed E-state index contributed by atoms with van der Waals surface area (Å²) < 4.78 is 13.0. The quantitative estimate of drug-likeness (QED) is 0.770. The molecule has 18 heavy (non-hydrogen) atoms. The van der Waals surface area contributed by atoms with Crippen LogP contribution < -0.4 is 0 Å². The van der Waals surface area contributed by atoms with Gasteiger partial charge in [0.25, 0.3) is 11.1 Å². The Hall–Kier alpha value is -1.62. The van der Waals surface area contributed by atoms with Gasteiger partial charge in [-0.15, -0.1) is 0 Å². The van der Waals surface area contributed by atoms with Crippen molar-refractivity contribution in [3.63, 3.8) is 0 Å². The molecule has 0 bridgehead atoms. The van der Waals surface area contributed by atoms with E-state index < -0.39 is 0 Å². The van der Waals surface area contributed by atoms with E-state index in [1.54, 1.807) is 26.0 Å². The van der Waals surface area contributed by atoms with Crippen LogP contribution in [-0.2, 0) is 4.79 Å². The summed E-state index contributed by atoms with van der Waals surface area (Å²) >= 11 is 0.887.